The Kier molecular flexibility index (Phi) is 8.52. The molecule has 1 fully saturated rings. The molecule has 0 radical (unpaired) electrons. The minimum Gasteiger partial charge on any atom is -0.497 e. The van der Waals surface area contributed by atoms with Crippen LogP contribution in [0.25, 0.3) is 6.08 Å². The molecule has 0 spiro atoms. The quantitative estimate of drug-likeness (QED) is 0.276. The fourth-order valence-electron chi connectivity index (χ4n) is 3.65. The molecule has 0 bridgehead atoms. The number of ether oxygens (including phenoxy) is 3. The first-order valence-electron chi connectivity index (χ1n) is 11.3. The maximum absolute atomic E-state index is 13.1. The SMILES string of the molecule is COc1ccc(NC(=O)COc2c(Br)cc(/C=C3\C(=O)NC(=O)N(c4cccc(Cl)c4)C3=O)cc2OC)cc1. The number of hydrogen-bond acceptors (Lipinski definition) is 7. The molecule has 0 saturated carbocycles. The minimum atomic E-state index is -0.889. The molecule has 1 aliphatic heterocycles. The van der Waals surface area contributed by atoms with Crippen molar-refractivity contribution in [3.8, 4) is 17.2 Å². The average molecular weight is 615 g/mol. The molecule has 0 aromatic heterocycles. The van der Waals surface area contributed by atoms with E-state index in [0.29, 0.717) is 26.5 Å². The Hall–Kier alpha value is -4.35. The van der Waals surface area contributed by atoms with Crippen LogP contribution in [-0.2, 0) is 14.4 Å². The Morgan fingerprint density at radius 3 is 2.46 bits per heavy atom. The number of rotatable bonds is 8. The summed E-state index contributed by atoms with van der Waals surface area (Å²) in [6, 6.07) is 15.2. The zero-order chi connectivity index (χ0) is 28.1. The number of benzene rings is 3. The molecule has 1 aliphatic rings. The number of methoxy groups -OCH3 is 2. The summed E-state index contributed by atoms with van der Waals surface area (Å²) in [5.41, 5.74) is 0.890. The summed E-state index contributed by atoms with van der Waals surface area (Å²) < 4.78 is 16.6. The molecule has 1 heterocycles. The number of urea groups is 1. The molecule has 39 heavy (non-hydrogen) atoms. The topological polar surface area (TPSA) is 123 Å². The number of nitrogens with one attached hydrogen (secondary N) is 2. The van der Waals surface area contributed by atoms with Crippen molar-refractivity contribution >= 4 is 68.7 Å². The van der Waals surface area contributed by atoms with Gasteiger partial charge in [-0.25, -0.2) is 9.69 Å². The molecule has 5 amide bonds. The van der Waals surface area contributed by atoms with Crippen LogP contribution in [0.15, 0.2) is 70.7 Å². The Bertz CT molecular complexity index is 1490. The maximum Gasteiger partial charge on any atom is 0.335 e. The molecule has 4 rings (SSSR count). The van der Waals surface area contributed by atoms with E-state index in [-0.39, 0.29) is 29.4 Å². The van der Waals surface area contributed by atoms with Gasteiger partial charge in [-0.15, -0.1) is 0 Å². The van der Waals surface area contributed by atoms with Gasteiger partial charge in [0, 0.05) is 10.7 Å². The van der Waals surface area contributed by atoms with Crippen LogP contribution in [0.3, 0.4) is 0 Å². The summed E-state index contributed by atoms with van der Waals surface area (Å²) in [5, 5.41) is 5.19. The number of carbonyl (C=O) groups excluding carboxylic acids is 4. The lowest BCUT2D eigenvalue weighted by Crippen LogP contribution is -2.54. The van der Waals surface area contributed by atoms with Crippen molar-refractivity contribution in [3.63, 3.8) is 0 Å². The van der Waals surface area contributed by atoms with Gasteiger partial charge in [0.2, 0.25) is 0 Å². The highest BCUT2D eigenvalue weighted by Crippen LogP contribution is 2.37. The highest BCUT2D eigenvalue weighted by atomic mass is 79.9. The van der Waals surface area contributed by atoms with Crippen molar-refractivity contribution in [2.45, 2.75) is 0 Å². The maximum atomic E-state index is 13.1. The Balaban J connectivity index is 1.53. The molecule has 3 aromatic rings. The fourth-order valence-corrected chi connectivity index (χ4v) is 4.40. The number of imide groups is 2. The molecule has 200 valence electrons. The first-order valence-corrected chi connectivity index (χ1v) is 12.5. The van der Waals surface area contributed by atoms with E-state index in [9.17, 15) is 19.2 Å². The molecule has 10 nitrogen and oxygen atoms in total. The van der Waals surface area contributed by atoms with Crippen molar-refractivity contribution in [2.24, 2.45) is 0 Å². The van der Waals surface area contributed by atoms with E-state index in [1.54, 1.807) is 49.6 Å². The van der Waals surface area contributed by atoms with E-state index in [1.165, 1.54) is 31.4 Å². The third-order valence-corrected chi connectivity index (χ3v) is 6.28. The second-order valence-corrected chi connectivity index (χ2v) is 9.33. The lowest BCUT2D eigenvalue weighted by molar-refractivity contribution is -0.122. The van der Waals surface area contributed by atoms with Gasteiger partial charge in [-0.3, -0.25) is 19.7 Å². The second kappa shape index (κ2) is 12.0. The van der Waals surface area contributed by atoms with Crippen LogP contribution in [-0.4, -0.2) is 44.6 Å². The van der Waals surface area contributed by atoms with Gasteiger partial charge < -0.3 is 19.5 Å². The standard InChI is InChI=1S/C27H21BrClN3O7/c1-37-19-8-6-17(7-9-19)30-23(33)14-39-24-21(28)11-15(12-22(24)38-2)10-20-25(34)31-27(36)32(26(20)35)18-5-3-4-16(29)13-18/h3-13H,14H2,1-2H3,(H,30,33)(H,31,34,36)/b20-10+. The normalized spacial score (nSPS) is 14.2. The van der Waals surface area contributed by atoms with Crippen molar-refractivity contribution < 1.29 is 33.4 Å². The molecule has 0 aliphatic carbocycles. The van der Waals surface area contributed by atoms with Crippen molar-refractivity contribution in [1.82, 2.24) is 5.32 Å². The van der Waals surface area contributed by atoms with Crippen LogP contribution >= 0.6 is 27.5 Å². The van der Waals surface area contributed by atoms with Crippen LogP contribution in [0.1, 0.15) is 5.56 Å². The number of halogens is 2. The van der Waals surface area contributed by atoms with Crippen molar-refractivity contribution in [3.05, 3.63) is 81.3 Å². The molecule has 0 unspecified atom stereocenters. The third-order valence-electron chi connectivity index (χ3n) is 5.45. The molecule has 2 N–H and O–H groups in total. The predicted molar refractivity (Wildman–Crippen MR) is 148 cm³/mol. The highest BCUT2D eigenvalue weighted by Gasteiger charge is 2.37. The summed E-state index contributed by atoms with van der Waals surface area (Å²) in [6.07, 6.45) is 1.31. The number of carbonyl (C=O) groups is 4. The molecule has 3 aromatic carbocycles. The predicted octanol–water partition coefficient (Wildman–Crippen LogP) is 4.80. The molecule has 1 saturated heterocycles. The third kappa shape index (κ3) is 6.39. The van der Waals surface area contributed by atoms with Crippen LogP contribution < -0.4 is 29.7 Å². The number of amides is 5. The molecular weight excluding hydrogens is 594 g/mol. The van der Waals surface area contributed by atoms with Crippen LogP contribution in [0.4, 0.5) is 16.2 Å². The molecule has 0 atom stereocenters. The van der Waals surface area contributed by atoms with E-state index >= 15 is 0 Å². The zero-order valence-electron chi connectivity index (χ0n) is 20.6. The summed E-state index contributed by atoms with van der Waals surface area (Å²) in [5.74, 6) is -0.954. The highest BCUT2D eigenvalue weighted by molar-refractivity contribution is 9.10. The Morgan fingerprint density at radius 1 is 1.05 bits per heavy atom. The smallest absolute Gasteiger partial charge is 0.335 e. The van der Waals surface area contributed by atoms with Gasteiger partial charge in [-0.1, -0.05) is 17.7 Å². The summed E-state index contributed by atoms with van der Waals surface area (Å²) >= 11 is 9.39. The second-order valence-electron chi connectivity index (χ2n) is 8.04. The number of hydrogen-bond donors (Lipinski definition) is 2. The van der Waals surface area contributed by atoms with E-state index in [0.717, 1.165) is 4.90 Å². The minimum absolute atomic E-state index is 0.207. The van der Waals surface area contributed by atoms with Crippen molar-refractivity contribution in [2.75, 3.05) is 31.0 Å². The zero-order valence-corrected chi connectivity index (χ0v) is 23.0. The van der Waals surface area contributed by atoms with Gasteiger partial charge in [0.25, 0.3) is 17.7 Å². The summed E-state index contributed by atoms with van der Waals surface area (Å²) in [6.45, 7) is -0.320. The van der Waals surface area contributed by atoms with Gasteiger partial charge in [-0.2, -0.15) is 0 Å². The van der Waals surface area contributed by atoms with Gasteiger partial charge >= 0.3 is 6.03 Å². The molecule has 12 heteroatoms. The fraction of sp³-hybridized carbons (Fsp3) is 0.111. The molecular formula is C27H21BrClN3O7. The number of nitrogens with zero attached hydrogens (tertiary/aromatic N) is 1. The van der Waals surface area contributed by atoms with E-state index in [1.807, 2.05) is 0 Å². The first-order chi connectivity index (χ1) is 18.7. The lowest BCUT2D eigenvalue weighted by Gasteiger charge is -2.26. The van der Waals surface area contributed by atoms with E-state index < -0.39 is 23.8 Å². The van der Waals surface area contributed by atoms with Crippen molar-refractivity contribution in [1.29, 1.82) is 0 Å². The summed E-state index contributed by atoms with van der Waals surface area (Å²) in [4.78, 5) is 51.3. The van der Waals surface area contributed by atoms with E-state index in [4.69, 9.17) is 25.8 Å². The summed E-state index contributed by atoms with van der Waals surface area (Å²) in [7, 11) is 2.95. The Labute approximate surface area is 236 Å². The lowest BCUT2D eigenvalue weighted by atomic mass is 10.1. The van der Waals surface area contributed by atoms with Gasteiger partial charge in [0.05, 0.1) is 24.4 Å². The number of anilines is 2. The van der Waals surface area contributed by atoms with Crippen LogP contribution in [0, 0.1) is 0 Å². The van der Waals surface area contributed by atoms with E-state index in [2.05, 4.69) is 26.6 Å². The van der Waals surface area contributed by atoms with Crippen LogP contribution in [0.2, 0.25) is 5.02 Å². The average Bonchev–Trinajstić information content (AvgIpc) is 2.90. The monoisotopic (exact) mass is 613 g/mol. The van der Waals surface area contributed by atoms with Crippen LogP contribution in [0.5, 0.6) is 17.2 Å². The first kappa shape index (κ1) is 27.7. The largest absolute Gasteiger partial charge is 0.497 e. The van der Waals surface area contributed by atoms with Gasteiger partial charge in [0.1, 0.15) is 11.3 Å². The van der Waals surface area contributed by atoms with Gasteiger partial charge in [0.15, 0.2) is 18.1 Å². The van der Waals surface area contributed by atoms with Gasteiger partial charge in [-0.05, 0) is 82.2 Å². The Morgan fingerprint density at radius 2 is 1.79 bits per heavy atom. The number of barbiturate groups is 1.